The standard InChI is InChI=1S/C14H16F3NO3/c1-21-12-5-4-9(7-11(12)19)13(20)18-6-2-3-10(8-18)14(15,16)17/h4-5,7,10,19H,2-3,6,8H2,1H3. The number of likely N-dealkylation sites (tertiary alicyclic amines) is 1. The molecular weight excluding hydrogens is 287 g/mol. The van der Waals surface area contributed by atoms with Gasteiger partial charge in [-0.05, 0) is 31.0 Å². The normalized spacial score (nSPS) is 19.4. The zero-order chi connectivity index (χ0) is 15.6. The molecule has 1 amide bonds. The molecule has 1 atom stereocenters. The number of methoxy groups -OCH3 is 1. The van der Waals surface area contributed by atoms with Crippen LogP contribution in [0.5, 0.6) is 11.5 Å². The molecule has 0 radical (unpaired) electrons. The molecule has 21 heavy (non-hydrogen) atoms. The Morgan fingerprint density at radius 1 is 1.43 bits per heavy atom. The van der Waals surface area contributed by atoms with Gasteiger partial charge >= 0.3 is 6.18 Å². The van der Waals surface area contributed by atoms with Crippen molar-refractivity contribution in [1.82, 2.24) is 4.90 Å². The molecule has 4 nitrogen and oxygen atoms in total. The average Bonchev–Trinajstić information content (AvgIpc) is 2.45. The molecule has 116 valence electrons. The van der Waals surface area contributed by atoms with Crippen LogP contribution in [0.1, 0.15) is 23.2 Å². The van der Waals surface area contributed by atoms with E-state index in [1.807, 2.05) is 0 Å². The van der Waals surface area contributed by atoms with Crippen molar-refractivity contribution in [2.75, 3.05) is 20.2 Å². The van der Waals surface area contributed by atoms with E-state index in [0.717, 1.165) is 0 Å². The molecule has 1 aliphatic heterocycles. The summed E-state index contributed by atoms with van der Waals surface area (Å²) in [7, 11) is 1.37. The largest absolute Gasteiger partial charge is 0.504 e. The van der Waals surface area contributed by atoms with Gasteiger partial charge in [-0.3, -0.25) is 4.79 Å². The Morgan fingerprint density at radius 3 is 2.71 bits per heavy atom. The van der Waals surface area contributed by atoms with Gasteiger partial charge in [0.2, 0.25) is 0 Å². The molecule has 1 saturated heterocycles. The van der Waals surface area contributed by atoms with Crippen molar-refractivity contribution in [2.45, 2.75) is 19.0 Å². The second-order valence-corrected chi connectivity index (χ2v) is 5.02. The van der Waals surface area contributed by atoms with Gasteiger partial charge in [0.1, 0.15) is 0 Å². The van der Waals surface area contributed by atoms with Crippen molar-refractivity contribution >= 4 is 5.91 Å². The predicted octanol–water partition coefficient (Wildman–Crippen LogP) is 2.82. The maximum atomic E-state index is 12.7. The first-order chi connectivity index (χ1) is 9.82. The van der Waals surface area contributed by atoms with E-state index in [4.69, 9.17) is 4.74 Å². The topological polar surface area (TPSA) is 49.8 Å². The summed E-state index contributed by atoms with van der Waals surface area (Å²) in [5, 5.41) is 9.64. The van der Waals surface area contributed by atoms with E-state index in [9.17, 15) is 23.1 Å². The molecule has 1 fully saturated rings. The number of phenolic OH excluding ortho intramolecular Hbond substituents is 1. The van der Waals surface area contributed by atoms with Crippen LogP contribution >= 0.6 is 0 Å². The highest BCUT2D eigenvalue weighted by Gasteiger charge is 2.42. The zero-order valence-corrected chi connectivity index (χ0v) is 11.5. The SMILES string of the molecule is COc1ccc(C(=O)N2CCCC(C(F)(F)F)C2)cc1O. The number of rotatable bonds is 2. The number of nitrogens with zero attached hydrogens (tertiary/aromatic N) is 1. The third-order valence-electron chi connectivity index (χ3n) is 3.60. The van der Waals surface area contributed by atoms with Crippen LogP contribution in [0.15, 0.2) is 18.2 Å². The number of aromatic hydroxyl groups is 1. The van der Waals surface area contributed by atoms with E-state index in [0.29, 0.717) is 6.42 Å². The van der Waals surface area contributed by atoms with Crippen molar-refractivity contribution in [3.05, 3.63) is 23.8 Å². The molecule has 1 N–H and O–H groups in total. The maximum Gasteiger partial charge on any atom is 0.393 e. The lowest BCUT2D eigenvalue weighted by molar-refractivity contribution is -0.184. The van der Waals surface area contributed by atoms with Gasteiger partial charge in [-0.15, -0.1) is 0 Å². The van der Waals surface area contributed by atoms with E-state index in [-0.39, 0.29) is 36.6 Å². The number of carbonyl (C=O) groups excluding carboxylic acids is 1. The van der Waals surface area contributed by atoms with E-state index in [1.165, 1.54) is 30.2 Å². The first kappa shape index (κ1) is 15.5. The third kappa shape index (κ3) is 3.40. The Balaban J connectivity index is 2.14. The number of amides is 1. The fourth-order valence-corrected chi connectivity index (χ4v) is 2.43. The summed E-state index contributed by atoms with van der Waals surface area (Å²) >= 11 is 0. The Kier molecular flexibility index (Phi) is 4.29. The minimum atomic E-state index is -4.29. The van der Waals surface area contributed by atoms with Crippen LogP contribution in [0.4, 0.5) is 13.2 Å². The number of halogens is 3. The summed E-state index contributed by atoms with van der Waals surface area (Å²) in [6.07, 6.45) is -3.93. The first-order valence-electron chi connectivity index (χ1n) is 6.56. The van der Waals surface area contributed by atoms with Gasteiger partial charge in [-0.1, -0.05) is 0 Å². The van der Waals surface area contributed by atoms with Gasteiger partial charge in [0.05, 0.1) is 13.0 Å². The number of carbonyl (C=O) groups is 1. The molecule has 1 aromatic carbocycles. The van der Waals surface area contributed by atoms with Crippen molar-refractivity contribution in [1.29, 1.82) is 0 Å². The molecule has 1 aliphatic rings. The Bertz CT molecular complexity index is 531. The quantitative estimate of drug-likeness (QED) is 0.914. The van der Waals surface area contributed by atoms with Crippen LogP contribution in [0.3, 0.4) is 0 Å². The van der Waals surface area contributed by atoms with E-state index in [1.54, 1.807) is 0 Å². The third-order valence-corrected chi connectivity index (χ3v) is 3.60. The summed E-state index contributed by atoms with van der Waals surface area (Å²) < 4.78 is 43.1. The minimum Gasteiger partial charge on any atom is -0.504 e. The minimum absolute atomic E-state index is 0.0428. The van der Waals surface area contributed by atoms with Crippen molar-refractivity contribution in [2.24, 2.45) is 5.92 Å². The lowest BCUT2D eigenvalue weighted by Gasteiger charge is -2.33. The molecule has 1 unspecified atom stereocenters. The monoisotopic (exact) mass is 303 g/mol. The van der Waals surface area contributed by atoms with Gasteiger partial charge < -0.3 is 14.7 Å². The van der Waals surface area contributed by atoms with Gasteiger partial charge in [0.15, 0.2) is 11.5 Å². The maximum absolute atomic E-state index is 12.7. The Hall–Kier alpha value is -1.92. The fraction of sp³-hybridized carbons (Fsp3) is 0.500. The molecule has 1 aromatic rings. The molecule has 7 heteroatoms. The molecule has 0 bridgehead atoms. The van der Waals surface area contributed by atoms with Crippen LogP contribution in [0, 0.1) is 5.92 Å². The number of ether oxygens (including phenoxy) is 1. The highest BCUT2D eigenvalue weighted by Crippen LogP contribution is 2.34. The molecule has 1 heterocycles. The molecule has 0 spiro atoms. The van der Waals surface area contributed by atoms with Crippen molar-refractivity contribution in [3.63, 3.8) is 0 Å². The van der Waals surface area contributed by atoms with Gasteiger partial charge in [-0.2, -0.15) is 13.2 Å². The zero-order valence-electron chi connectivity index (χ0n) is 11.5. The number of piperidine rings is 1. The van der Waals surface area contributed by atoms with Crippen LogP contribution in [0.25, 0.3) is 0 Å². The summed E-state index contributed by atoms with van der Waals surface area (Å²) in [4.78, 5) is 13.4. The number of benzene rings is 1. The lowest BCUT2D eigenvalue weighted by Crippen LogP contribution is -2.44. The molecule has 0 aromatic heterocycles. The molecule has 2 rings (SSSR count). The second kappa shape index (κ2) is 5.83. The van der Waals surface area contributed by atoms with Gasteiger partial charge in [0.25, 0.3) is 5.91 Å². The summed E-state index contributed by atoms with van der Waals surface area (Å²) in [5.74, 6) is -2.00. The lowest BCUT2D eigenvalue weighted by atomic mass is 9.97. The first-order valence-corrected chi connectivity index (χ1v) is 6.56. The highest BCUT2D eigenvalue weighted by molar-refractivity contribution is 5.95. The van der Waals surface area contributed by atoms with Gasteiger partial charge in [-0.25, -0.2) is 0 Å². The second-order valence-electron chi connectivity index (χ2n) is 5.02. The van der Waals surface area contributed by atoms with Crippen molar-refractivity contribution in [3.8, 4) is 11.5 Å². The van der Waals surface area contributed by atoms with E-state index in [2.05, 4.69) is 0 Å². The van der Waals surface area contributed by atoms with E-state index < -0.39 is 18.0 Å². The Labute approximate surface area is 120 Å². The van der Waals surface area contributed by atoms with Crippen molar-refractivity contribution < 1.29 is 27.8 Å². The summed E-state index contributed by atoms with van der Waals surface area (Å²) in [5.41, 5.74) is 0.149. The van der Waals surface area contributed by atoms with Crippen LogP contribution in [0.2, 0.25) is 0 Å². The molecular formula is C14H16F3NO3. The van der Waals surface area contributed by atoms with Gasteiger partial charge in [0, 0.05) is 18.7 Å². The summed E-state index contributed by atoms with van der Waals surface area (Å²) in [6.45, 7) is -0.0483. The molecule has 0 aliphatic carbocycles. The van der Waals surface area contributed by atoms with Crippen LogP contribution in [-0.4, -0.2) is 42.3 Å². The average molecular weight is 303 g/mol. The number of phenols is 1. The number of alkyl halides is 3. The smallest absolute Gasteiger partial charge is 0.393 e. The van der Waals surface area contributed by atoms with Crippen LogP contribution in [-0.2, 0) is 0 Å². The van der Waals surface area contributed by atoms with Crippen LogP contribution < -0.4 is 4.74 Å². The highest BCUT2D eigenvalue weighted by atomic mass is 19.4. The number of hydrogen-bond acceptors (Lipinski definition) is 3. The summed E-state index contributed by atoms with van der Waals surface area (Å²) in [6, 6.07) is 4.05. The van der Waals surface area contributed by atoms with E-state index >= 15 is 0 Å². The Morgan fingerprint density at radius 2 is 2.14 bits per heavy atom. The predicted molar refractivity (Wildman–Crippen MR) is 69.3 cm³/mol. The fourth-order valence-electron chi connectivity index (χ4n) is 2.43. The number of hydrogen-bond donors (Lipinski definition) is 1. The molecule has 0 saturated carbocycles.